The molecule has 5 unspecified atom stereocenters. The minimum atomic E-state index is -0.670. The zero-order valence-electron chi connectivity index (χ0n) is 14.2. The minimum absolute atomic E-state index is 0.372. The fourth-order valence-electron chi connectivity index (χ4n) is 3.14. The van der Waals surface area contributed by atoms with Crippen molar-refractivity contribution in [2.24, 2.45) is 17.8 Å². The van der Waals surface area contributed by atoms with Crippen molar-refractivity contribution in [3.63, 3.8) is 0 Å². The fraction of sp³-hybridized carbons (Fsp3) is 1.00. The van der Waals surface area contributed by atoms with Crippen LogP contribution < -0.4 is 5.32 Å². The predicted octanol–water partition coefficient (Wildman–Crippen LogP) is 3.97. The lowest BCUT2D eigenvalue weighted by Gasteiger charge is -2.38. The first-order valence-corrected chi connectivity index (χ1v) is 9.98. The van der Waals surface area contributed by atoms with Crippen LogP contribution >= 0.6 is 0 Å². The van der Waals surface area contributed by atoms with E-state index in [9.17, 15) is 4.21 Å². The second-order valence-electron chi connectivity index (χ2n) is 6.98. The summed E-state index contributed by atoms with van der Waals surface area (Å²) in [6, 6.07) is 0.481. The quantitative estimate of drug-likeness (QED) is 0.735. The Balaban J connectivity index is 2.67. The van der Waals surface area contributed by atoms with E-state index in [1.54, 1.807) is 0 Å². The zero-order valence-corrected chi connectivity index (χ0v) is 15.0. The molecule has 20 heavy (non-hydrogen) atoms. The molecule has 0 aromatic heterocycles. The molecule has 0 amide bonds. The molecule has 0 radical (unpaired) electrons. The summed E-state index contributed by atoms with van der Waals surface area (Å²) in [5.74, 6) is 2.96. The molecule has 0 heterocycles. The molecule has 3 heteroatoms. The molecule has 1 saturated carbocycles. The molecule has 0 saturated heterocycles. The summed E-state index contributed by atoms with van der Waals surface area (Å²) in [5, 5.41) is 4.03. The Kier molecular flexibility index (Phi) is 8.35. The van der Waals surface area contributed by atoms with Crippen molar-refractivity contribution in [1.82, 2.24) is 5.32 Å². The Morgan fingerprint density at radius 2 is 1.90 bits per heavy atom. The number of nitrogens with one attached hydrogen (secondary N) is 1. The largest absolute Gasteiger partial charge is 0.313 e. The van der Waals surface area contributed by atoms with Gasteiger partial charge in [0, 0.05) is 22.6 Å². The van der Waals surface area contributed by atoms with E-state index in [4.69, 9.17) is 0 Å². The topological polar surface area (TPSA) is 29.1 Å². The van der Waals surface area contributed by atoms with Crippen molar-refractivity contribution in [1.29, 1.82) is 0 Å². The number of rotatable bonds is 8. The first kappa shape index (κ1) is 18.2. The molecule has 1 rings (SSSR count). The number of hydrogen-bond donors (Lipinski definition) is 1. The molecule has 1 fully saturated rings. The second-order valence-corrected chi connectivity index (χ2v) is 8.68. The van der Waals surface area contributed by atoms with Gasteiger partial charge >= 0.3 is 0 Å². The van der Waals surface area contributed by atoms with Crippen molar-refractivity contribution in [3.05, 3.63) is 0 Å². The van der Waals surface area contributed by atoms with Crippen LogP contribution in [-0.2, 0) is 10.8 Å². The zero-order chi connectivity index (χ0) is 15.1. The third-order valence-electron chi connectivity index (χ3n) is 4.92. The van der Waals surface area contributed by atoms with Crippen LogP contribution in [0.4, 0.5) is 0 Å². The van der Waals surface area contributed by atoms with E-state index in [0.29, 0.717) is 17.2 Å². The van der Waals surface area contributed by atoms with Gasteiger partial charge in [-0.05, 0) is 50.0 Å². The molecule has 0 aromatic carbocycles. The summed E-state index contributed by atoms with van der Waals surface area (Å²) in [5.41, 5.74) is 0. The Morgan fingerprint density at radius 1 is 1.20 bits per heavy atom. The SMILES string of the molecule is CCCNC1CCC(C(C)C)CC1S(=O)CC(C)CC. The van der Waals surface area contributed by atoms with Gasteiger partial charge in [0.15, 0.2) is 0 Å². The summed E-state index contributed by atoms with van der Waals surface area (Å²) < 4.78 is 12.8. The lowest BCUT2D eigenvalue weighted by atomic mass is 9.79. The third-order valence-corrected chi connectivity index (χ3v) is 7.01. The lowest BCUT2D eigenvalue weighted by Crippen LogP contribution is -2.48. The highest BCUT2D eigenvalue weighted by molar-refractivity contribution is 7.85. The molecule has 0 spiro atoms. The first-order chi connectivity index (χ1) is 9.49. The first-order valence-electron chi connectivity index (χ1n) is 8.60. The molecule has 0 bridgehead atoms. The van der Waals surface area contributed by atoms with Crippen LogP contribution in [-0.4, -0.2) is 27.8 Å². The van der Waals surface area contributed by atoms with Gasteiger partial charge in [-0.3, -0.25) is 4.21 Å². The van der Waals surface area contributed by atoms with E-state index in [0.717, 1.165) is 43.4 Å². The van der Waals surface area contributed by atoms with Crippen LogP contribution in [0, 0.1) is 17.8 Å². The van der Waals surface area contributed by atoms with E-state index in [-0.39, 0.29) is 0 Å². The maximum absolute atomic E-state index is 12.8. The van der Waals surface area contributed by atoms with E-state index in [2.05, 4.69) is 39.9 Å². The lowest BCUT2D eigenvalue weighted by molar-refractivity contribution is 0.243. The summed E-state index contributed by atoms with van der Waals surface area (Å²) in [6.07, 6.45) is 5.96. The third kappa shape index (κ3) is 5.48. The van der Waals surface area contributed by atoms with Gasteiger partial charge in [-0.15, -0.1) is 0 Å². The molecular formula is C17H35NOS. The van der Waals surface area contributed by atoms with E-state index < -0.39 is 10.8 Å². The standard InChI is InChI=1S/C17H35NOS/c1-6-10-18-16-9-8-15(13(3)4)11-17(16)20(19)12-14(5)7-2/h13-18H,6-12H2,1-5H3. The molecule has 0 aromatic rings. The minimum Gasteiger partial charge on any atom is -0.313 e. The van der Waals surface area contributed by atoms with Crippen molar-refractivity contribution < 1.29 is 4.21 Å². The van der Waals surface area contributed by atoms with Gasteiger partial charge < -0.3 is 5.32 Å². The maximum atomic E-state index is 12.8. The molecule has 2 nitrogen and oxygen atoms in total. The van der Waals surface area contributed by atoms with Crippen molar-refractivity contribution >= 4 is 10.8 Å². The summed E-state index contributed by atoms with van der Waals surface area (Å²) >= 11 is 0. The van der Waals surface area contributed by atoms with Crippen LogP contribution in [0.15, 0.2) is 0 Å². The summed E-state index contributed by atoms with van der Waals surface area (Å²) in [6.45, 7) is 12.3. The van der Waals surface area contributed by atoms with Gasteiger partial charge in [-0.1, -0.05) is 41.0 Å². The second kappa shape index (κ2) is 9.19. The molecular weight excluding hydrogens is 266 g/mol. The Bertz CT molecular complexity index is 293. The predicted molar refractivity (Wildman–Crippen MR) is 90.5 cm³/mol. The van der Waals surface area contributed by atoms with Gasteiger partial charge in [0.05, 0.1) is 5.25 Å². The van der Waals surface area contributed by atoms with Crippen LogP contribution in [0.1, 0.15) is 66.7 Å². The monoisotopic (exact) mass is 301 g/mol. The fourth-order valence-corrected chi connectivity index (χ4v) is 5.25. The smallest absolute Gasteiger partial charge is 0.0504 e. The van der Waals surface area contributed by atoms with Crippen LogP contribution in [0.2, 0.25) is 0 Å². The van der Waals surface area contributed by atoms with Crippen molar-refractivity contribution in [2.75, 3.05) is 12.3 Å². The summed E-state index contributed by atoms with van der Waals surface area (Å²) in [4.78, 5) is 0. The normalized spacial score (nSPS) is 30.4. The van der Waals surface area contributed by atoms with Gasteiger partial charge in [-0.2, -0.15) is 0 Å². The van der Waals surface area contributed by atoms with Gasteiger partial charge in [0.1, 0.15) is 0 Å². The van der Waals surface area contributed by atoms with E-state index in [1.807, 2.05) is 0 Å². The average Bonchev–Trinajstić information content (AvgIpc) is 2.44. The maximum Gasteiger partial charge on any atom is 0.0504 e. The molecule has 120 valence electrons. The number of hydrogen-bond acceptors (Lipinski definition) is 2. The van der Waals surface area contributed by atoms with Gasteiger partial charge in [0.2, 0.25) is 0 Å². The molecule has 1 N–H and O–H groups in total. The van der Waals surface area contributed by atoms with Gasteiger partial charge in [0.25, 0.3) is 0 Å². The van der Waals surface area contributed by atoms with Gasteiger partial charge in [-0.25, -0.2) is 0 Å². The average molecular weight is 302 g/mol. The van der Waals surface area contributed by atoms with E-state index >= 15 is 0 Å². The Morgan fingerprint density at radius 3 is 2.45 bits per heavy atom. The molecule has 5 atom stereocenters. The van der Waals surface area contributed by atoms with Crippen LogP contribution in [0.3, 0.4) is 0 Å². The van der Waals surface area contributed by atoms with Crippen molar-refractivity contribution in [2.45, 2.75) is 78.0 Å². The van der Waals surface area contributed by atoms with Crippen LogP contribution in [0.25, 0.3) is 0 Å². The highest BCUT2D eigenvalue weighted by Crippen LogP contribution is 2.33. The summed E-state index contributed by atoms with van der Waals surface area (Å²) in [7, 11) is -0.670. The Hall–Kier alpha value is 0.110. The Labute approximate surface area is 128 Å². The highest BCUT2D eigenvalue weighted by Gasteiger charge is 2.35. The highest BCUT2D eigenvalue weighted by atomic mass is 32.2. The van der Waals surface area contributed by atoms with Crippen LogP contribution in [0.5, 0.6) is 0 Å². The van der Waals surface area contributed by atoms with E-state index in [1.165, 1.54) is 12.8 Å². The molecule has 0 aliphatic heterocycles. The molecule has 1 aliphatic rings. The van der Waals surface area contributed by atoms with Crippen molar-refractivity contribution in [3.8, 4) is 0 Å². The molecule has 1 aliphatic carbocycles.